The van der Waals surface area contributed by atoms with E-state index in [-0.39, 0.29) is 5.75 Å². The van der Waals surface area contributed by atoms with Crippen molar-refractivity contribution in [2.45, 2.75) is 45.3 Å². The van der Waals surface area contributed by atoms with Crippen LogP contribution in [0.25, 0.3) is 11.3 Å². The van der Waals surface area contributed by atoms with Gasteiger partial charge in [0.25, 0.3) is 0 Å². The minimum Gasteiger partial charge on any atom is -0.436 e. The predicted octanol–water partition coefficient (Wildman–Crippen LogP) is 5.41. The maximum Gasteiger partial charge on any atom is 0.222 e. The Labute approximate surface area is 207 Å². The number of rotatable bonds is 14. The highest BCUT2D eigenvalue weighted by Gasteiger charge is 2.29. The molecule has 0 saturated heterocycles. The lowest BCUT2D eigenvalue weighted by Gasteiger charge is -2.25. The molecular formula is C28H36FN3O3. The Morgan fingerprint density at radius 1 is 1.14 bits per heavy atom. The SMILES string of the molecule is CCCCOCC(O)CN(Cc1c(-c2ccccc2)nn(C)c1Oc1ccccc1F)CC1CC1. The van der Waals surface area contributed by atoms with Gasteiger partial charge in [-0.25, -0.2) is 9.07 Å². The molecule has 1 aliphatic carbocycles. The van der Waals surface area contributed by atoms with E-state index in [2.05, 4.69) is 11.8 Å². The van der Waals surface area contributed by atoms with Gasteiger partial charge in [0.05, 0.1) is 18.3 Å². The molecule has 2 aromatic carbocycles. The van der Waals surface area contributed by atoms with Crippen LogP contribution in [0.15, 0.2) is 54.6 Å². The molecule has 1 fully saturated rings. The molecule has 6 nitrogen and oxygen atoms in total. The number of nitrogens with zero attached hydrogens (tertiary/aromatic N) is 3. The van der Waals surface area contributed by atoms with Gasteiger partial charge in [0.2, 0.25) is 5.88 Å². The summed E-state index contributed by atoms with van der Waals surface area (Å²) >= 11 is 0. The first kappa shape index (κ1) is 25.4. The lowest BCUT2D eigenvalue weighted by atomic mass is 10.1. The van der Waals surface area contributed by atoms with Crippen LogP contribution in [0.5, 0.6) is 11.6 Å². The summed E-state index contributed by atoms with van der Waals surface area (Å²) in [5, 5.41) is 15.5. The number of ether oxygens (including phenoxy) is 2. The van der Waals surface area contributed by atoms with Crippen LogP contribution in [0.1, 0.15) is 38.2 Å². The van der Waals surface area contributed by atoms with E-state index < -0.39 is 11.9 Å². The first-order chi connectivity index (χ1) is 17.0. The van der Waals surface area contributed by atoms with E-state index in [4.69, 9.17) is 14.6 Å². The minimum atomic E-state index is -0.585. The van der Waals surface area contributed by atoms with Crippen molar-refractivity contribution in [2.24, 2.45) is 13.0 Å². The Morgan fingerprint density at radius 2 is 1.89 bits per heavy atom. The van der Waals surface area contributed by atoms with Crippen molar-refractivity contribution in [3.05, 3.63) is 66.0 Å². The number of aromatic nitrogens is 2. The van der Waals surface area contributed by atoms with Gasteiger partial charge in [0.15, 0.2) is 11.6 Å². The van der Waals surface area contributed by atoms with Crippen molar-refractivity contribution in [3.63, 3.8) is 0 Å². The van der Waals surface area contributed by atoms with Gasteiger partial charge < -0.3 is 14.6 Å². The van der Waals surface area contributed by atoms with Crippen LogP contribution in [0.3, 0.4) is 0 Å². The summed E-state index contributed by atoms with van der Waals surface area (Å²) in [7, 11) is 1.81. The number of hydrogen-bond donors (Lipinski definition) is 1. The van der Waals surface area contributed by atoms with Crippen molar-refractivity contribution in [3.8, 4) is 22.9 Å². The van der Waals surface area contributed by atoms with Crippen molar-refractivity contribution >= 4 is 0 Å². The maximum atomic E-state index is 14.4. The average Bonchev–Trinajstić information content (AvgIpc) is 3.62. The van der Waals surface area contributed by atoms with Gasteiger partial charge in [-0.05, 0) is 37.3 Å². The first-order valence-corrected chi connectivity index (χ1v) is 12.6. The van der Waals surface area contributed by atoms with E-state index in [9.17, 15) is 9.50 Å². The van der Waals surface area contributed by atoms with Gasteiger partial charge in [0, 0.05) is 38.9 Å². The predicted molar refractivity (Wildman–Crippen MR) is 135 cm³/mol. The standard InChI is InChI=1S/C28H36FN3O3/c1-3-4-16-34-20-23(33)18-32(17-21-14-15-21)19-24-27(22-10-6-5-7-11-22)30-31(2)28(24)35-26-13-9-8-12-25(26)29/h5-13,21,23,33H,3-4,14-20H2,1-2H3. The monoisotopic (exact) mass is 481 g/mol. The first-order valence-electron chi connectivity index (χ1n) is 12.6. The Hall–Kier alpha value is -2.74. The van der Waals surface area contributed by atoms with E-state index in [1.807, 2.05) is 37.4 Å². The molecule has 0 bridgehead atoms. The number of halogens is 1. The second-order valence-electron chi connectivity index (χ2n) is 9.37. The second-order valence-corrected chi connectivity index (χ2v) is 9.37. The molecule has 4 rings (SSSR count). The second kappa shape index (κ2) is 12.3. The zero-order chi connectivity index (χ0) is 24.6. The van der Waals surface area contributed by atoms with E-state index in [0.29, 0.717) is 38.1 Å². The van der Waals surface area contributed by atoms with E-state index in [1.54, 1.807) is 22.9 Å². The normalized spacial score (nSPS) is 14.4. The van der Waals surface area contributed by atoms with Crippen LogP contribution < -0.4 is 4.74 Å². The summed E-state index contributed by atoms with van der Waals surface area (Å²) in [6.45, 7) is 5.01. The van der Waals surface area contributed by atoms with Gasteiger partial charge in [-0.15, -0.1) is 0 Å². The molecule has 0 radical (unpaired) electrons. The maximum absolute atomic E-state index is 14.4. The molecule has 1 unspecified atom stereocenters. The Morgan fingerprint density at radius 3 is 2.60 bits per heavy atom. The topological polar surface area (TPSA) is 59.8 Å². The highest BCUT2D eigenvalue weighted by Crippen LogP contribution is 2.36. The Kier molecular flexibility index (Phi) is 8.90. The molecule has 7 heteroatoms. The number of benzene rings is 2. The number of para-hydroxylation sites is 1. The molecule has 188 valence electrons. The number of aliphatic hydroxyl groups is 1. The molecule has 1 N–H and O–H groups in total. The quantitative estimate of drug-likeness (QED) is 0.312. The Bertz CT molecular complexity index is 1070. The molecule has 1 saturated carbocycles. The van der Waals surface area contributed by atoms with Gasteiger partial charge >= 0.3 is 0 Å². The fourth-order valence-corrected chi connectivity index (χ4v) is 4.19. The summed E-state index contributed by atoms with van der Waals surface area (Å²) in [6, 6.07) is 16.3. The van der Waals surface area contributed by atoms with Crippen LogP contribution >= 0.6 is 0 Å². The molecule has 3 aromatic rings. The van der Waals surface area contributed by atoms with Crippen molar-refractivity contribution in [1.82, 2.24) is 14.7 Å². The number of aryl methyl sites for hydroxylation is 1. The van der Waals surface area contributed by atoms with E-state index in [1.165, 1.54) is 18.9 Å². The van der Waals surface area contributed by atoms with Gasteiger partial charge in [-0.1, -0.05) is 55.8 Å². The lowest BCUT2D eigenvalue weighted by molar-refractivity contribution is 0.0135. The summed E-state index contributed by atoms with van der Waals surface area (Å²) in [5.74, 6) is 0.879. The molecule has 1 atom stereocenters. The number of aliphatic hydroxyl groups excluding tert-OH is 1. The molecule has 0 spiro atoms. The Balaban J connectivity index is 1.61. The fraction of sp³-hybridized carbons (Fsp3) is 0.464. The fourth-order valence-electron chi connectivity index (χ4n) is 4.19. The lowest BCUT2D eigenvalue weighted by Crippen LogP contribution is -2.36. The number of hydrogen-bond acceptors (Lipinski definition) is 5. The molecule has 1 aromatic heterocycles. The smallest absolute Gasteiger partial charge is 0.222 e. The summed E-state index contributed by atoms with van der Waals surface area (Å²) in [6.07, 6.45) is 3.88. The molecule has 1 aliphatic rings. The molecule has 0 aliphatic heterocycles. The minimum absolute atomic E-state index is 0.162. The molecular weight excluding hydrogens is 445 g/mol. The number of unbranched alkanes of at least 4 members (excludes halogenated alkanes) is 1. The molecule has 35 heavy (non-hydrogen) atoms. The van der Waals surface area contributed by atoms with Crippen LogP contribution in [0.4, 0.5) is 4.39 Å². The van der Waals surface area contributed by atoms with Crippen LogP contribution in [0.2, 0.25) is 0 Å². The molecule has 0 amide bonds. The summed E-state index contributed by atoms with van der Waals surface area (Å²) in [5.41, 5.74) is 2.65. The molecule has 1 heterocycles. The third-order valence-corrected chi connectivity index (χ3v) is 6.19. The van der Waals surface area contributed by atoms with Gasteiger partial charge in [0.1, 0.15) is 5.69 Å². The summed E-state index contributed by atoms with van der Waals surface area (Å²) in [4.78, 5) is 2.25. The van der Waals surface area contributed by atoms with E-state index in [0.717, 1.165) is 36.2 Å². The van der Waals surface area contributed by atoms with Gasteiger partial charge in [-0.2, -0.15) is 5.10 Å². The van der Waals surface area contributed by atoms with Crippen molar-refractivity contribution < 1.29 is 19.0 Å². The van der Waals surface area contributed by atoms with Crippen LogP contribution in [-0.2, 0) is 18.3 Å². The van der Waals surface area contributed by atoms with Crippen molar-refractivity contribution in [1.29, 1.82) is 0 Å². The van der Waals surface area contributed by atoms with Crippen LogP contribution in [-0.4, -0.2) is 52.2 Å². The third kappa shape index (κ3) is 7.13. The summed E-state index contributed by atoms with van der Waals surface area (Å²) < 4.78 is 27.9. The largest absolute Gasteiger partial charge is 0.436 e. The highest BCUT2D eigenvalue weighted by atomic mass is 19.1. The van der Waals surface area contributed by atoms with Gasteiger partial charge in [-0.3, -0.25) is 4.90 Å². The van der Waals surface area contributed by atoms with E-state index >= 15 is 0 Å². The average molecular weight is 482 g/mol. The zero-order valence-electron chi connectivity index (χ0n) is 20.7. The van der Waals surface area contributed by atoms with Crippen LogP contribution in [0, 0.1) is 11.7 Å². The highest BCUT2D eigenvalue weighted by molar-refractivity contribution is 5.65. The zero-order valence-corrected chi connectivity index (χ0v) is 20.7. The third-order valence-electron chi connectivity index (χ3n) is 6.19. The van der Waals surface area contributed by atoms with Crippen molar-refractivity contribution in [2.75, 3.05) is 26.3 Å².